The van der Waals surface area contributed by atoms with E-state index in [0.29, 0.717) is 11.8 Å². The van der Waals surface area contributed by atoms with Crippen molar-refractivity contribution in [1.82, 2.24) is 0 Å². The third-order valence-electron chi connectivity index (χ3n) is 3.23. The van der Waals surface area contributed by atoms with Crippen molar-refractivity contribution in [2.24, 2.45) is 0 Å². The van der Waals surface area contributed by atoms with Crippen molar-refractivity contribution in [2.45, 2.75) is 46.0 Å². The van der Waals surface area contributed by atoms with Crippen molar-refractivity contribution in [3.05, 3.63) is 28.8 Å². The van der Waals surface area contributed by atoms with Crippen LogP contribution >= 0.6 is 0 Å². The first-order valence-electron chi connectivity index (χ1n) is 6.14. The van der Waals surface area contributed by atoms with Crippen molar-refractivity contribution in [3.63, 3.8) is 0 Å². The first-order chi connectivity index (χ1) is 7.61. The van der Waals surface area contributed by atoms with Gasteiger partial charge >= 0.3 is 0 Å². The lowest BCUT2D eigenvalue weighted by Crippen LogP contribution is -2.17. The topological polar surface area (TPSA) is 21.3 Å². The number of nitrogens with one attached hydrogen (secondary N) is 1. The van der Waals surface area contributed by atoms with Crippen LogP contribution in [-0.4, -0.2) is 6.61 Å². The molecular formula is C14H21NO. The van der Waals surface area contributed by atoms with Crippen molar-refractivity contribution in [3.8, 4) is 0 Å². The molecule has 2 heteroatoms. The van der Waals surface area contributed by atoms with E-state index in [4.69, 9.17) is 4.84 Å². The van der Waals surface area contributed by atoms with E-state index < -0.39 is 0 Å². The number of benzene rings is 1. The van der Waals surface area contributed by atoms with E-state index in [1.807, 2.05) is 0 Å². The van der Waals surface area contributed by atoms with Gasteiger partial charge in [-0.25, -0.2) is 0 Å². The molecule has 1 aromatic rings. The molecule has 0 atom stereocenters. The molecule has 0 amide bonds. The lowest BCUT2D eigenvalue weighted by Gasteiger charge is -2.26. The van der Waals surface area contributed by atoms with Gasteiger partial charge in [-0.3, -0.25) is 10.3 Å². The van der Waals surface area contributed by atoms with Gasteiger partial charge in [0.2, 0.25) is 0 Å². The predicted octanol–water partition coefficient (Wildman–Crippen LogP) is 3.83. The average Bonchev–Trinajstić information content (AvgIpc) is 2.27. The van der Waals surface area contributed by atoms with Gasteiger partial charge in [0.1, 0.15) is 0 Å². The highest BCUT2D eigenvalue weighted by Gasteiger charge is 2.19. The fourth-order valence-electron chi connectivity index (χ4n) is 2.51. The summed E-state index contributed by atoms with van der Waals surface area (Å²) < 4.78 is 0. The fourth-order valence-corrected chi connectivity index (χ4v) is 2.51. The van der Waals surface area contributed by atoms with Gasteiger partial charge in [0, 0.05) is 6.42 Å². The molecule has 0 unspecified atom stereocenters. The summed E-state index contributed by atoms with van der Waals surface area (Å²) in [6.07, 6.45) is 1.02. The summed E-state index contributed by atoms with van der Waals surface area (Å²) in [6.45, 7) is 9.85. The average molecular weight is 219 g/mol. The van der Waals surface area contributed by atoms with Gasteiger partial charge in [0.25, 0.3) is 0 Å². The first kappa shape index (κ1) is 11.5. The molecule has 1 aliphatic heterocycles. The highest BCUT2D eigenvalue weighted by molar-refractivity contribution is 5.58. The standard InChI is InChI=1S/C14H21NO/c1-9(2)11-5-6-13-12(7-8-16-15-13)14(11)10(3)4/h5-6,9-10,15H,7-8H2,1-4H3. The summed E-state index contributed by atoms with van der Waals surface area (Å²) in [5, 5.41) is 0. The van der Waals surface area contributed by atoms with E-state index in [1.165, 1.54) is 16.7 Å². The van der Waals surface area contributed by atoms with E-state index in [9.17, 15) is 0 Å². The van der Waals surface area contributed by atoms with Crippen molar-refractivity contribution in [2.75, 3.05) is 12.1 Å². The zero-order chi connectivity index (χ0) is 11.7. The van der Waals surface area contributed by atoms with Crippen LogP contribution in [-0.2, 0) is 11.3 Å². The monoisotopic (exact) mass is 219 g/mol. The van der Waals surface area contributed by atoms with Gasteiger partial charge in [0.15, 0.2) is 0 Å². The molecule has 2 nitrogen and oxygen atoms in total. The Bertz CT molecular complexity index is 383. The van der Waals surface area contributed by atoms with Gasteiger partial charge < -0.3 is 0 Å². The number of rotatable bonds is 2. The lowest BCUT2D eigenvalue weighted by atomic mass is 9.85. The van der Waals surface area contributed by atoms with E-state index >= 15 is 0 Å². The molecule has 1 aliphatic rings. The molecule has 1 aromatic carbocycles. The Kier molecular flexibility index (Phi) is 3.20. The van der Waals surface area contributed by atoms with Crippen molar-refractivity contribution >= 4 is 5.69 Å². The summed E-state index contributed by atoms with van der Waals surface area (Å²) in [5.41, 5.74) is 8.63. The Hall–Kier alpha value is -1.02. The minimum absolute atomic E-state index is 0.576. The number of anilines is 1. The molecule has 0 aromatic heterocycles. The molecule has 2 rings (SSSR count). The molecule has 1 N–H and O–H groups in total. The second kappa shape index (κ2) is 4.46. The first-order valence-corrected chi connectivity index (χ1v) is 6.14. The summed E-state index contributed by atoms with van der Waals surface area (Å²) in [4.78, 5) is 5.28. The Balaban J connectivity index is 2.57. The van der Waals surface area contributed by atoms with Crippen molar-refractivity contribution < 1.29 is 4.84 Å². The maximum atomic E-state index is 5.28. The maximum absolute atomic E-state index is 5.28. The van der Waals surface area contributed by atoms with Crippen LogP contribution in [0.2, 0.25) is 0 Å². The predicted molar refractivity (Wildman–Crippen MR) is 67.9 cm³/mol. The molecule has 0 saturated heterocycles. The molecule has 0 aliphatic carbocycles. The van der Waals surface area contributed by atoms with Crippen LogP contribution in [0.1, 0.15) is 56.2 Å². The minimum Gasteiger partial charge on any atom is -0.276 e. The van der Waals surface area contributed by atoms with Gasteiger partial charge in [-0.05, 0) is 34.6 Å². The smallest absolute Gasteiger partial charge is 0.0787 e. The zero-order valence-electron chi connectivity index (χ0n) is 10.6. The summed E-state index contributed by atoms with van der Waals surface area (Å²) in [5.74, 6) is 1.16. The van der Waals surface area contributed by atoms with E-state index in [-0.39, 0.29) is 0 Å². The molecule has 1 heterocycles. The number of fused-ring (bicyclic) bond motifs is 1. The van der Waals surface area contributed by atoms with Crippen LogP contribution < -0.4 is 5.48 Å². The van der Waals surface area contributed by atoms with Gasteiger partial charge in [-0.1, -0.05) is 33.8 Å². The third kappa shape index (κ3) is 1.94. The van der Waals surface area contributed by atoms with E-state index in [1.54, 1.807) is 0 Å². The van der Waals surface area contributed by atoms with Crippen LogP contribution in [0.15, 0.2) is 12.1 Å². The van der Waals surface area contributed by atoms with Gasteiger partial charge in [-0.2, -0.15) is 0 Å². The van der Waals surface area contributed by atoms with Crippen LogP contribution in [0.3, 0.4) is 0 Å². The highest BCUT2D eigenvalue weighted by atomic mass is 16.6. The van der Waals surface area contributed by atoms with Crippen LogP contribution in [0.4, 0.5) is 5.69 Å². The lowest BCUT2D eigenvalue weighted by molar-refractivity contribution is 0.186. The SMILES string of the molecule is CC(C)c1ccc2c(c1C(C)C)CCON2. The van der Waals surface area contributed by atoms with Gasteiger partial charge in [-0.15, -0.1) is 0 Å². The van der Waals surface area contributed by atoms with Crippen LogP contribution in [0.25, 0.3) is 0 Å². The molecule has 16 heavy (non-hydrogen) atoms. The molecule has 0 radical (unpaired) electrons. The Morgan fingerprint density at radius 3 is 2.50 bits per heavy atom. The number of hydrogen-bond acceptors (Lipinski definition) is 2. The van der Waals surface area contributed by atoms with E-state index in [2.05, 4.69) is 45.3 Å². The highest BCUT2D eigenvalue weighted by Crippen LogP contribution is 2.35. The largest absolute Gasteiger partial charge is 0.276 e. The minimum atomic E-state index is 0.576. The number of hydrogen-bond donors (Lipinski definition) is 1. The normalized spacial score (nSPS) is 15.1. The molecule has 0 saturated carbocycles. The second-order valence-electron chi connectivity index (χ2n) is 5.10. The molecule has 0 bridgehead atoms. The van der Waals surface area contributed by atoms with E-state index in [0.717, 1.165) is 18.7 Å². The summed E-state index contributed by atoms with van der Waals surface area (Å²) in [7, 11) is 0. The molecule has 88 valence electrons. The maximum Gasteiger partial charge on any atom is 0.0787 e. The summed E-state index contributed by atoms with van der Waals surface area (Å²) >= 11 is 0. The Morgan fingerprint density at radius 1 is 1.12 bits per heavy atom. The van der Waals surface area contributed by atoms with Crippen molar-refractivity contribution in [1.29, 1.82) is 0 Å². The van der Waals surface area contributed by atoms with Crippen LogP contribution in [0.5, 0.6) is 0 Å². The zero-order valence-corrected chi connectivity index (χ0v) is 10.6. The van der Waals surface area contributed by atoms with Crippen LogP contribution in [0, 0.1) is 0 Å². The Morgan fingerprint density at radius 2 is 1.88 bits per heavy atom. The summed E-state index contributed by atoms with van der Waals surface area (Å²) in [6, 6.07) is 4.39. The fraction of sp³-hybridized carbons (Fsp3) is 0.571. The third-order valence-corrected chi connectivity index (χ3v) is 3.23. The molecular weight excluding hydrogens is 198 g/mol. The second-order valence-corrected chi connectivity index (χ2v) is 5.10. The molecule has 0 spiro atoms. The Labute approximate surface area is 98.0 Å². The van der Waals surface area contributed by atoms with Gasteiger partial charge in [0.05, 0.1) is 12.3 Å². The molecule has 0 fully saturated rings. The quantitative estimate of drug-likeness (QED) is 0.816.